The van der Waals surface area contributed by atoms with E-state index in [1.165, 1.54) is 0 Å². The predicted octanol–water partition coefficient (Wildman–Crippen LogP) is 0.0226. The second kappa shape index (κ2) is 8.45. The number of nitrogens with one attached hydrogen (secondary N) is 1. The molecule has 1 fully saturated rings. The van der Waals surface area contributed by atoms with E-state index in [2.05, 4.69) is 24.2 Å². The van der Waals surface area contributed by atoms with Crippen molar-refractivity contribution in [3.63, 3.8) is 0 Å². The van der Waals surface area contributed by atoms with Crippen LogP contribution in [0.25, 0.3) is 0 Å². The van der Waals surface area contributed by atoms with E-state index in [1.807, 2.05) is 4.90 Å². The Morgan fingerprint density at radius 2 is 2.33 bits per heavy atom. The Balaban J connectivity index is 2.18. The van der Waals surface area contributed by atoms with Gasteiger partial charge in [0.2, 0.25) is 5.91 Å². The van der Waals surface area contributed by atoms with Crippen molar-refractivity contribution in [3.8, 4) is 0 Å². The third kappa shape index (κ3) is 5.33. The fourth-order valence-electron chi connectivity index (χ4n) is 2.26. The van der Waals surface area contributed by atoms with E-state index >= 15 is 0 Å². The Labute approximate surface area is 110 Å². The third-order valence-corrected chi connectivity index (χ3v) is 3.51. The molecule has 18 heavy (non-hydrogen) atoms. The molecule has 5 heteroatoms. The van der Waals surface area contributed by atoms with Crippen molar-refractivity contribution in [2.24, 2.45) is 5.92 Å². The second-order valence-electron chi connectivity index (χ2n) is 5.02. The van der Waals surface area contributed by atoms with Crippen LogP contribution in [0.2, 0.25) is 0 Å². The predicted molar refractivity (Wildman–Crippen MR) is 72.6 cm³/mol. The van der Waals surface area contributed by atoms with Gasteiger partial charge in [0, 0.05) is 33.3 Å². The molecule has 1 saturated heterocycles. The first-order valence-corrected chi connectivity index (χ1v) is 6.83. The Kier molecular flexibility index (Phi) is 7.23. The first-order valence-electron chi connectivity index (χ1n) is 6.83. The standard InChI is InChI=1S/C13H27N3O2/c1-4-15(2)10-12-5-7-16(11-12)13(17)9-14-6-8-18-3/h12,14H,4-11H2,1-3H3. The van der Waals surface area contributed by atoms with Crippen LogP contribution in [0.4, 0.5) is 0 Å². The van der Waals surface area contributed by atoms with Gasteiger partial charge in [0.1, 0.15) is 0 Å². The van der Waals surface area contributed by atoms with Crippen molar-refractivity contribution in [1.82, 2.24) is 15.1 Å². The largest absolute Gasteiger partial charge is 0.383 e. The van der Waals surface area contributed by atoms with Gasteiger partial charge in [-0.1, -0.05) is 6.92 Å². The van der Waals surface area contributed by atoms with Crippen molar-refractivity contribution in [1.29, 1.82) is 0 Å². The zero-order chi connectivity index (χ0) is 13.4. The fraction of sp³-hybridized carbons (Fsp3) is 0.923. The molecule has 0 aromatic heterocycles. The summed E-state index contributed by atoms with van der Waals surface area (Å²) in [5, 5.41) is 3.10. The average molecular weight is 257 g/mol. The molecule has 0 bridgehead atoms. The van der Waals surface area contributed by atoms with Gasteiger partial charge in [0.05, 0.1) is 13.2 Å². The minimum atomic E-state index is 0.216. The van der Waals surface area contributed by atoms with Crippen LogP contribution in [0.1, 0.15) is 13.3 Å². The van der Waals surface area contributed by atoms with Gasteiger partial charge in [0.15, 0.2) is 0 Å². The lowest BCUT2D eigenvalue weighted by molar-refractivity contribution is -0.129. The molecule has 0 aliphatic carbocycles. The maximum absolute atomic E-state index is 11.9. The number of likely N-dealkylation sites (tertiary alicyclic amines) is 1. The summed E-state index contributed by atoms with van der Waals surface area (Å²) in [5.41, 5.74) is 0. The van der Waals surface area contributed by atoms with Gasteiger partial charge in [-0.3, -0.25) is 4.79 Å². The number of carbonyl (C=O) groups is 1. The molecule has 1 unspecified atom stereocenters. The maximum Gasteiger partial charge on any atom is 0.236 e. The van der Waals surface area contributed by atoms with E-state index < -0.39 is 0 Å². The second-order valence-corrected chi connectivity index (χ2v) is 5.02. The van der Waals surface area contributed by atoms with Gasteiger partial charge in [-0.2, -0.15) is 0 Å². The van der Waals surface area contributed by atoms with Gasteiger partial charge in [-0.05, 0) is 25.9 Å². The average Bonchev–Trinajstić information content (AvgIpc) is 2.82. The molecule has 5 nitrogen and oxygen atoms in total. The SMILES string of the molecule is CCN(C)CC1CCN(C(=O)CNCCOC)C1. The van der Waals surface area contributed by atoms with Crippen molar-refractivity contribution >= 4 is 5.91 Å². The van der Waals surface area contributed by atoms with Crippen molar-refractivity contribution < 1.29 is 9.53 Å². The zero-order valence-corrected chi connectivity index (χ0v) is 11.9. The van der Waals surface area contributed by atoms with Gasteiger partial charge >= 0.3 is 0 Å². The van der Waals surface area contributed by atoms with Gasteiger partial charge in [-0.15, -0.1) is 0 Å². The molecule has 0 saturated carbocycles. The van der Waals surface area contributed by atoms with Gasteiger partial charge < -0.3 is 19.9 Å². The number of nitrogens with zero attached hydrogens (tertiary/aromatic N) is 2. The minimum absolute atomic E-state index is 0.216. The number of carbonyl (C=O) groups excluding carboxylic acids is 1. The molecule has 0 aromatic rings. The first kappa shape index (κ1) is 15.4. The normalized spacial score (nSPS) is 19.8. The Bertz CT molecular complexity index is 248. The monoisotopic (exact) mass is 257 g/mol. The fourth-order valence-corrected chi connectivity index (χ4v) is 2.26. The number of hydrogen-bond acceptors (Lipinski definition) is 4. The summed E-state index contributed by atoms with van der Waals surface area (Å²) in [4.78, 5) is 16.2. The summed E-state index contributed by atoms with van der Waals surface area (Å²) in [5.74, 6) is 0.852. The summed E-state index contributed by atoms with van der Waals surface area (Å²) < 4.78 is 4.93. The van der Waals surface area contributed by atoms with Crippen LogP contribution in [-0.2, 0) is 9.53 Å². The number of methoxy groups -OCH3 is 1. The topological polar surface area (TPSA) is 44.8 Å². The van der Waals surface area contributed by atoms with E-state index in [0.29, 0.717) is 19.1 Å². The Morgan fingerprint density at radius 3 is 3.00 bits per heavy atom. The van der Waals surface area contributed by atoms with Crippen LogP contribution in [0.15, 0.2) is 0 Å². The lowest BCUT2D eigenvalue weighted by Gasteiger charge is -2.20. The van der Waals surface area contributed by atoms with E-state index in [1.54, 1.807) is 7.11 Å². The van der Waals surface area contributed by atoms with E-state index in [0.717, 1.165) is 39.1 Å². The summed E-state index contributed by atoms with van der Waals surface area (Å²) in [6.07, 6.45) is 1.13. The molecule has 1 aliphatic heterocycles. The quantitative estimate of drug-likeness (QED) is 0.623. The maximum atomic E-state index is 11.9. The van der Waals surface area contributed by atoms with E-state index in [4.69, 9.17) is 4.74 Å². The van der Waals surface area contributed by atoms with Crippen LogP contribution in [0.5, 0.6) is 0 Å². The summed E-state index contributed by atoms with van der Waals surface area (Å²) in [6.45, 7) is 7.97. The van der Waals surface area contributed by atoms with Gasteiger partial charge in [0.25, 0.3) is 0 Å². The highest BCUT2D eigenvalue weighted by Gasteiger charge is 2.26. The lowest BCUT2D eigenvalue weighted by atomic mass is 10.1. The summed E-state index contributed by atoms with van der Waals surface area (Å²) in [6, 6.07) is 0. The molecule has 1 rings (SSSR count). The van der Waals surface area contributed by atoms with Crippen molar-refractivity contribution in [2.75, 3.05) is 60.0 Å². The van der Waals surface area contributed by atoms with Crippen LogP contribution in [0, 0.1) is 5.92 Å². The zero-order valence-electron chi connectivity index (χ0n) is 11.9. The van der Waals surface area contributed by atoms with Crippen LogP contribution in [0.3, 0.4) is 0 Å². The summed E-state index contributed by atoms with van der Waals surface area (Å²) in [7, 11) is 3.80. The number of rotatable bonds is 8. The highest BCUT2D eigenvalue weighted by Crippen LogP contribution is 2.16. The molecule has 0 radical (unpaired) electrons. The molecule has 106 valence electrons. The Morgan fingerprint density at radius 1 is 1.56 bits per heavy atom. The number of ether oxygens (including phenoxy) is 1. The lowest BCUT2D eigenvalue weighted by Crippen LogP contribution is -2.38. The van der Waals surface area contributed by atoms with Crippen LogP contribution < -0.4 is 5.32 Å². The summed E-state index contributed by atoms with van der Waals surface area (Å²) >= 11 is 0. The Hall–Kier alpha value is -0.650. The molecule has 1 aliphatic rings. The highest BCUT2D eigenvalue weighted by atomic mass is 16.5. The molecule has 0 spiro atoms. The first-order chi connectivity index (χ1) is 8.67. The molecule has 1 N–H and O–H groups in total. The third-order valence-electron chi connectivity index (χ3n) is 3.51. The number of amides is 1. The molecular formula is C13H27N3O2. The van der Waals surface area contributed by atoms with Crippen LogP contribution in [-0.4, -0.2) is 75.7 Å². The smallest absolute Gasteiger partial charge is 0.236 e. The molecule has 1 heterocycles. The molecule has 0 aromatic carbocycles. The highest BCUT2D eigenvalue weighted by molar-refractivity contribution is 5.78. The van der Waals surface area contributed by atoms with Crippen molar-refractivity contribution in [2.45, 2.75) is 13.3 Å². The number of hydrogen-bond donors (Lipinski definition) is 1. The van der Waals surface area contributed by atoms with Crippen molar-refractivity contribution in [3.05, 3.63) is 0 Å². The van der Waals surface area contributed by atoms with E-state index in [-0.39, 0.29) is 5.91 Å². The van der Waals surface area contributed by atoms with E-state index in [9.17, 15) is 4.79 Å². The van der Waals surface area contributed by atoms with Crippen LogP contribution >= 0.6 is 0 Å². The molecule has 1 atom stereocenters. The molecule has 1 amide bonds. The molecular weight excluding hydrogens is 230 g/mol. The minimum Gasteiger partial charge on any atom is -0.383 e. The van der Waals surface area contributed by atoms with Gasteiger partial charge in [-0.25, -0.2) is 0 Å².